The van der Waals surface area contributed by atoms with Crippen LogP contribution in [0.2, 0.25) is 5.02 Å². The van der Waals surface area contributed by atoms with Gasteiger partial charge in [-0.1, -0.05) is 23.7 Å². The number of ether oxygens (including phenoxy) is 1. The lowest BCUT2D eigenvalue weighted by Crippen LogP contribution is -2.30. The van der Waals surface area contributed by atoms with Gasteiger partial charge in [0.25, 0.3) is 0 Å². The maximum Gasteiger partial charge on any atom is 0.337 e. The lowest BCUT2D eigenvalue weighted by Gasteiger charge is -2.25. The molecular formula is C19H17ClN2O2. The van der Waals surface area contributed by atoms with Gasteiger partial charge in [0.2, 0.25) is 0 Å². The van der Waals surface area contributed by atoms with Gasteiger partial charge in [0.05, 0.1) is 18.7 Å². The summed E-state index contributed by atoms with van der Waals surface area (Å²) in [5.41, 5.74) is 5.25. The first kappa shape index (κ1) is 15.2. The van der Waals surface area contributed by atoms with Crippen LogP contribution in [0.25, 0.3) is 10.9 Å². The van der Waals surface area contributed by atoms with Crippen LogP contribution in [0.3, 0.4) is 0 Å². The second-order valence-corrected chi connectivity index (χ2v) is 6.39. The highest BCUT2D eigenvalue weighted by Crippen LogP contribution is 2.34. The van der Waals surface area contributed by atoms with Crippen LogP contribution >= 0.6 is 11.6 Å². The van der Waals surface area contributed by atoms with Gasteiger partial charge in [0, 0.05) is 28.2 Å². The average molecular weight is 341 g/mol. The number of fused-ring (bicyclic) bond motifs is 3. The summed E-state index contributed by atoms with van der Waals surface area (Å²) in [6, 6.07) is 13.6. The molecule has 0 radical (unpaired) electrons. The lowest BCUT2D eigenvalue weighted by atomic mass is 9.94. The molecule has 2 N–H and O–H groups in total. The molecule has 0 saturated heterocycles. The number of aromatic amines is 1. The number of hydrogen-bond donors (Lipinski definition) is 2. The summed E-state index contributed by atoms with van der Waals surface area (Å²) in [4.78, 5) is 15.1. The maximum atomic E-state index is 11.6. The Labute approximate surface area is 144 Å². The van der Waals surface area contributed by atoms with E-state index in [9.17, 15) is 4.79 Å². The molecule has 0 spiro atoms. The van der Waals surface area contributed by atoms with E-state index in [0.29, 0.717) is 5.56 Å². The van der Waals surface area contributed by atoms with E-state index in [1.54, 1.807) is 12.1 Å². The van der Waals surface area contributed by atoms with Crippen molar-refractivity contribution in [2.45, 2.75) is 12.5 Å². The smallest absolute Gasteiger partial charge is 0.337 e. The Hall–Kier alpha value is -2.30. The predicted octanol–water partition coefficient (Wildman–Crippen LogP) is 3.84. The molecule has 5 heteroatoms. The summed E-state index contributed by atoms with van der Waals surface area (Å²) in [5, 5.41) is 5.49. The number of esters is 1. The van der Waals surface area contributed by atoms with Crippen molar-refractivity contribution >= 4 is 28.5 Å². The average Bonchev–Trinajstić information content (AvgIpc) is 2.99. The van der Waals surface area contributed by atoms with Crippen LogP contribution in [0.1, 0.15) is 33.2 Å². The molecule has 24 heavy (non-hydrogen) atoms. The van der Waals surface area contributed by atoms with Crippen LogP contribution in [-0.2, 0) is 11.2 Å². The van der Waals surface area contributed by atoms with Crippen LogP contribution in [-0.4, -0.2) is 24.6 Å². The first-order valence-electron chi connectivity index (χ1n) is 7.89. The van der Waals surface area contributed by atoms with E-state index in [-0.39, 0.29) is 12.0 Å². The van der Waals surface area contributed by atoms with Crippen molar-refractivity contribution < 1.29 is 9.53 Å². The van der Waals surface area contributed by atoms with Gasteiger partial charge in [-0.15, -0.1) is 0 Å². The molecule has 0 amide bonds. The van der Waals surface area contributed by atoms with Crippen LogP contribution in [0.4, 0.5) is 0 Å². The first-order chi connectivity index (χ1) is 11.7. The Kier molecular flexibility index (Phi) is 3.79. The SMILES string of the molecule is COC(=O)c1ccc(C2NCCc3c2[nH]c2ccc(Cl)cc32)cc1. The Morgan fingerprint density at radius 3 is 2.75 bits per heavy atom. The molecule has 1 unspecified atom stereocenters. The molecule has 2 heterocycles. The molecule has 0 saturated carbocycles. The van der Waals surface area contributed by atoms with Crippen molar-refractivity contribution in [2.75, 3.05) is 13.7 Å². The summed E-state index contributed by atoms with van der Waals surface area (Å²) < 4.78 is 4.76. The number of halogens is 1. The zero-order chi connectivity index (χ0) is 16.7. The minimum Gasteiger partial charge on any atom is -0.465 e. The number of benzene rings is 2. The maximum absolute atomic E-state index is 11.6. The zero-order valence-corrected chi connectivity index (χ0v) is 14.0. The van der Waals surface area contributed by atoms with E-state index in [4.69, 9.17) is 16.3 Å². The van der Waals surface area contributed by atoms with Gasteiger partial charge in [-0.2, -0.15) is 0 Å². The fraction of sp³-hybridized carbons (Fsp3) is 0.211. The fourth-order valence-electron chi connectivity index (χ4n) is 3.41. The molecule has 0 bridgehead atoms. The Balaban J connectivity index is 1.76. The molecule has 0 fully saturated rings. The van der Waals surface area contributed by atoms with Crippen molar-refractivity contribution in [1.82, 2.24) is 10.3 Å². The summed E-state index contributed by atoms with van der Waals surface area (Å²) in [6.07, 6.45) is 0.965. The van der Waals surface area contributed by atoms with Crippen molar-refractivity contribution in [3.63, 3.8) is 0 Å². The highest BCUT2D eigenvalue weighted by atomic mass is 35.5. The summed E-state index contributed by atoms with van der Waals surface area (Å²) in [5.74, 6) is -0.320. The van der Waals surface area contributed by atoms with Crippen LogP contribution < -0.4 is 5.32 Å². The largest absolute Gasteiger partial charge is 0.465 e. The van der Waals surface area contributed by atoms with Crippen molar-refractivity contribution in [2.24, 2.45) is 0 Å². The van der Waals surface area contributed by atoms with Gasteiger partial charge in [-0.25, -0.2) is 4.79 Å². The van der Waals surface area contributed by atoms with Crippen molar-refractivity contribution in [3.8, 4) is 0 Å². The molecule has 2 aromatic carbocycles. The number of methoxy groups -OCH3 is 1. The third-order valence-corrected chi connectivity index (χ3v) is 4.81. The molecule has 0 aliphatic carbocycles. The standard InChI is InChI=1S/C19H17ClN2O2/c1-24-19(23)12-4-2-11(3-5-12)17-18-14(8-9-21-17)15-10-13(20)6-7-16(15)22-18/h2-7,10,17,21-22H,8-9H2,1H3. The molecule has 1 aliphatic heterocycles. The summed E-state index contributed by atoms with van der Waals surface area (Å²) >= 11 is 6.16. The quantitative estimate of drug-likeness (QED) is 0.697. The van der Waals surface area contributed by atoms with E-state index in [2.05, 4.69) is 10.3 Å². The summed E-state index contributed by atoms with van der Waals surface area (Å²) in [6.45, 7) is 0.899. The van der Waals surface area contributed by atoms with E-state index in [0.717, 1.165) is 29.1 Å². The molecule has 3 aromatic rings. The minimum atomic E-state index is -0.320. The lowest BCUT2D eigenvalue weighted by molar-refractivity contribution is 0.0600. The first-order valence-corrected chi connectivity index (χ1v) is 8.27. The molecule has 122 valence electrons. The molecular weight excluding hydrogens is 324 g/mol. The number of aromatic nitrogens is 1. The Morgan fingerprint density at radius 1 is 1.21 bits per heavy atom. The van der Waals surface area contributed by atoms with Crippen molar-refractivity contribution in [3.05, 3.63) is 69.9 Å². The van der Waals surface area contributed by atoms with E-state index in [1.807, 2.05) is 30.3 Å². The minimum absolute atomic E-state index is 0.0756. The Morgan fingerprint density at radius 2 is 2.00 bits per heavy atom. The topological polar surface area (TPSA) is 54.1 Å². The van der Waals surface area contributed by atoms with Gasteiger partial charge in [0.15, 0.2) is 0 Å². The van der Waals surface area contributed by atoms with Crippen LogP contribution in [0.5, 0.6) is 0 Å². The Bertz CT molecular complexity index is 915. The van der Waals surface area contributed by atoms with E-state index < -0.39 is 0 Å². The highest BCUT2D eigenvalue weighted by Gasteiger charge is 2.25. The number of carbonyl (C=O) groups excluding carboxylic acids is 1. The zero-order valence-electron chi connectivity index (χ0n) is 13.2. The molecule has 4 rings (SSSR count). The number of hydrogen-bond acceptors (Lipinski definition) is 3. The highest BCUT2D eigenvalue weighted by molar-refractivity contribution is 6.31. The van der Waals surface area contributed by atoms with Gasteiger partial charge in [0.1, 0.15) is 0 Å². The van der Waals surface area contributed by atoms with Crippen LogP contribution in [0.15, 0.2) is 42.5 Å². The van der Waals surface area contributed by atoms with Crippen LogP contribution in [0, 0.1) is 0 Å². The third kappa shape index (κ3) is 2.48. The van der Waals surface area contributed by atoms with Gasteiger partial charge >= 0.3 is 5.97 Å². The second-order valence-electron chi connectivity index (χ2n) is 5.96. The van der Waals surface area contributed by atoms with Gasteiger partial charge in [-0.05, 0) is 47.9 Å². The molecule has 4 nitrogen and oxygen atoms in total. The molecule has 1 aromatic heterocycles. The van der Waals surface area contributed by atoms with Crippen molar-refractivity contribution in [1.29, 1.82) is 0 Å². The monoisotopic (exact) mass is 340 g/mol. The number of rotatable bonds is 2. The second kappa shape index (κ2) is 5.96. The normalized spacial score (nSPS) is 16.8. The van der Waals surface area contributed by atoms with E-state index >= 15 is 0 Å². The number of H-pyrrole nitrogens is 1. The number of nitrogens with one attached hydrogen (secondary N) is 2. The predicted molar refractivity (Wildman–Crippen MR) is 94.6 cm³/mol. The molecule has 1 aliphatic rings. The van der Waals surface area contributed by atoms with Gasteiger partial charge in [-0.3, -0.25) is 0 Å². The fourth-order valence-corrected chi connectivity index (χ4v) is 3.59. The number of carbonyl (C=O) groups is 1. The third-order valence-electron chi connectivity index (χ3n) is 4.58. The molecule has 1 atom stereocenters. The summed E-state index contributed by atoms with van der Waals surface area (Å²) in [7, 11) is 1.39. The van der Waals surface area contributed by atoms with Gasteiger partial charge < -0.3 is 15.0 Å². The van der Waals surface area contributed by atoms with E-state index in [1.165, 1.54) is 23.8 Å².